The summed E-state index contributed by atoms with van der Waals surface area (Å²) in [5.74, 6) is 0. The summed E-state index contributed by atoms with van der Waals surface area (Å²) >= 11 is 1.87. The molecule has 12 rings (SSSR count). The summed E-state index contributed by atoms with van der Waals surface area (Å²) in [6.45, 7) is 0. The quantitative estimate of drug-likeness (QED) is 0.178. The van der Waals surface area contributed by atoms with E-state index in [-0.39, 0.29) is 0 Å². The highest BCUT2D eigenvalue weighted by Gasteiger charge is 2.26. The van der Waals surface area contributed by atoms with Gasteiger partial charge in [-0.15, -0.1) is 11.3 Å². The Morgan fingerprint density at radius 3 is 1.68 bits per heavy atom. The molecule has 0 aliphatic heterocycles. The van der Waals surface area contributed by atoms with Crippen LogP contribution in [-0.4, -0.2) is 4.57 Å². The third-order valence-corrected chi connectivity index (χ3v) is 12.5. The van der Waals surface area contributed by atoms with Gasteiger partial charge in [0, 0.05) is 52.8 Å². The van der Waals surface area contributed by atoms with Crippen LogP contribution in [0.5, 0.6) is 0 Å². The van der Waals surface area contributed by atoms with Crippen LogP contribution in [0.25, 0.3) is 91.5 Å². The Bertz CT molecular complexity index is 3230. The van der Waals surface area contributed by atoms with Crippen molar-refractivity contribution >= 4 is 91.9 Å². The second kappa shape index (κ2) is 10.9. The average molecular weight is 691 g/mol. The Hall–Kier alpha value is -6.68. The van der Waals surface area contributed by atoms with Gasteiger partial charge in [0.25, 0.3) is 0 Å². The number of benzene rings is 9. The fraction of sp³-hybridized carbons (Fsp3) is 0. The first-order valence-corrected chi connectivity index (χ1v) is 19.0. The van der Waals surface area contributed by atoms with Gasteiger partial charge in [-0.3, -0.25) is 0 Å². The SMILES string of the molecule is c1ccc2c(c1)-c1cccc3c(N(c4ccc5c(c4)sc4ccccc45)c4ccc(-n5c6ccccc6c6ccccc65)c5ccccc45)ccc-2c13. The van der Waals surface area contributed by atoms with Gasteiger partial charge < -0.3 is 9.47 Å². The Morgan fingerprint density at radius 2 is 0.906 bits per heavy atom. The Kier molecular flexibility index (Phi) is 5.96. The molecule has 1 aliphatic carbocycles. The second-order valence-corrected chi connectivity index (χ2v) is 15.1. The predicted octanol–water partition coefficient (Wildman–Crippen LogP) is 14.6. The summed E-state index contributed by atoms with van der Waals surface area (Å²) in [5, 5.41) is 10.1. The number of rotatable bonds is 4. The van der Waals surface area contributed by atoms with Crippen LogP contribution in [0.1, 0.15) is 0 Å². The van der Waals surface area contributed by atoms with Crippen molar-refractivity contribution < 1.29 is 0 Å². The topological polar surface area (TPSA) is 8.17 Å². The van der Waals surface area contributed by atoms with Crippen LogP contribution in [0.3, 0.4) is 0 Å². The van der Waals surface area contributed by atoms with Gasteiger partial charge >= 0.3 is 0 Å². The highest BCUT2D eigenvalue weighted by molar-refractivity contribution is 7.25. The number of nitrogens with zero attached hydrogens (tertiary/aromatic N) is 2. The lowest BCUT2D eigenvalue weighted by molar-refractivity contribution is 1.19. The minimum absolute atomic E-state index is 1.15. The van der Waals surface area contributed by atoms with Crippen molar-refractivity contribution in [3.63, 3.8) is 0 Å². The van der Waals surface area contributed by atoms with Crippen molar-refractivity contribution in [1.82, 2.24) is 4.57 Å². The van der Waals surface area contributed by atoms with Crippen molar-refractivity contribution in [2.45, 2.75) is 0 Å². The lowest BCUT2D eigenvalue weighted by atomic mass is 9.99. The third kappa shape index (κ3) is 4.03. The van der Waals surface area contributed by atoms with Gasteiger partial charge in [0.15, 0.2) is 0 Å². The van der Waals surface area contributed by atoms with Gasteiger partial charge in [0.2, 0.25) is 0 Å². The molecule has 0 N–H and O–H groups in total. The molecule has 3 heteroatoms. The molecule has 0 saturated carbocycles. The largest absolute Gasteiger partial charge is 0.309 e. The van der Waals surface area contributed by atoms with Gasteiger partial charge in [-0.05, 0) is 76.2 Å². The Labute approximate surface area is 310 Å². The van der Waals surface area contributed by atoms with E-state index in [1.165, 1.54) is 97.2 Å². The molecule has 0 spiro atoms. The van der Waals surface area contributed by atoms with Gasteiger partial charge in [0.1, 0.15) is 0 Å². The zero-order chi connectivity index (χ0) is 34.6. The van der Waals surface area contributed by atoms with E-state index in [0.717, 1.165) is 11.4 Å². The molecule has 53 heavy (non-hydrogen) atoms. The zero-order valence-corrected chi connectivity index (χ0v) is 29.4. The number of hydrogen-bond acceptors (Lipinski definition) is 2. The number of para-hydroxylation sites is 2. The maximum Gasteiger partial charge on any atom is 0.0542 e. The summed E-state index contributed by atoms with van der Waals surface area (Å²) in [7, 11) is 0. The maximum atomic E-state index is 2.51. The number of thiophene rings is 1. The fourth-order valence-electron chi connectivity index (χ4n) is 9.09. The molecule has 9 aromatic carbocycles. The summed E-state index contributed by atoms with van der Waals surface area (Å²) in [6, 6.07) is 67.3. The first kappa shape index (κ1) is 29.0. The second-order valence-electron chi connectivity index (χ2n) is 14.0. The molecule has 0 amide bonds. The molecule has 2 heterocycles. The highest BCUT2D eigenvalue weighted by Crippen LogP contribution is 2.52. The van der Waals surface area contributed by atoms with Crippen molar-refractivity contribution in [2.24, 2.45) is 0 Å². The average Bonchev–Trinajstić information content (AvgIpc) is 3.87. The minimum Gasteiger partial charge on any atom is -0.309 e. The molecule has 0 saturated heterocycles. The Morgan fingerprint density at radius 1 is 0.358 bits per heavy atom. The van der Waals surface area contributed by atoms with Crippen LogP contribution in [0.2, 0.25) is 0 Å². The van der Waals surface area contributed by atoms with E-state index in [9.17, 15) is 0 Å². The van der Waals surface area contributed by atoms with E-state index >= 15 is 0 Å². The molecule has 0 fully saturated rings. The molecular formula is C50H30N2S. The molecule has 246 valence electrons. The summed E-state index contributed by atoms with van der Waals surface area (Å²) in [4.78, 5) is 2.51. The van der Waals surface area contributed by atoms with Gasteiger partial charge in [-0.25, -0.2) is 0 Å². The molecule has 0 atom stereocenters. The molecule has 1 aliphatic rings. The van der Waals surface area contributed by atoms with Crippen LogP contribution in [0, 0.1) is 0 Å². The predicted molar refractivity (Wildman–Crippen MR) is 228 cm³/mol. The van der Waals surface area contributed by atoms with Gasteiger partial charge in [-0.1, -0.05) is 133 Å². The minimum atomic E-state index is 1.15. The standard InChI is InChI=1S/C50H30N2S/c1-2-13-33-32(12-1)40-19-11-20-42-47(27-26-41(33)50(40)42)51(31-24-25-39-38-18-7-10-23-48(38)53-49(39)30-31)45-28-29-46(37-15-4-3-14-36(37)45)52-43-21-8-5-16-34(43)35-17-6-9-22-44(35)52/h1-30H. The first-order chi connectivity index (χ1) is 26.3. The lowest BCUT2D eigenvalue weighted by Gasteiger charge is -2.29. The number of aromatic nitrogens is 1. The summed E-state index contributed by atoms with van der Waals surface area (Å²) < 4.78 is 5.05. The van der Waals surface area contributed by atoms with Crippen LogP contribution < -0.4 is 4.90 Å². The maximum absolute atomic E-state index is 2.51. The molecule has 0 bridgehead atoms. The van der Waals surface area contributed by atoms with Crippen molar-refractivity contribution in [2.75, 3.05) is 4.90 Å². The van der Waals surface area contributed by atoms with E-state index < -0.39 is 0 Å². The third-order valence-electron chi connectivity index (χ3n) is 11.3. The number of fused-ring (bicyclic) bond motifs is 10. The molecule has 2 aromatic heterocycles. The van der Waals surface area contributed by atoms with E-state index in [4.69, 9.17) is 0 Å². The number of anilines is 3. The molecular weight excluding hydrogens is 661 g/mol. The van der Waals surface area contributed by atoms with Crippen molar-refractivity contribution in [3.8, 4) is 27.9 Å². The van der Waals surface area contributed by atoms with Crippen LogP contribution in [-0.2, 0) is 0 Å². The van der Waals surface area contributed by atoms with Gasteiger partial charge in [0.05, 0.1) is 28.1 Å². The van der Waals surface area contributed by atoms with Gasteiger partial charge in [-0.2, -0.15) is 0 Å². The monoisotopic (exact) mass is 690 g/mol. The van der Waals surface area contributed by atoms with Crippen LogP contribution in [0.15, 0.2) is 182 Å². The lowest BCUT2D eigenvalue weighted by Crippen LogP contribution is -2.11. The smallest absolute Gasteiger partial charge is 0.0542 e. The van der Waals surface area contributed by atoms with Crippen LogP contribution >= 0.6 is 11.3 Å². The van der Waals surface area contributed by atoms with E-state index in [1.807, 2.05) is 11.3 Å². The molecule has 0 unspecified atom stereocenters. The van der Waals surface area contributed by atoms with E-state index in [0.29, 0.717) is 0 Å². The highest BCUT2D eigenvalue weighted by atomic mass is 32.1. The van der Waals surface area contributed by atoms with Crippen molar-refractivity contribution in [1.29, 1.82) is 0 Å². The van der Waals surface area contributed by atoms with E-state index in [2.05, 4.69) is 191 Å². The van der Waals surface area contributed by atoms with E-state index in [1.54, 1.807) is 0 Å². The molecule has 2 nitrogen and oxygen atoms in total. The summed E-state index contributed by atoms with van der Waals surface area (Å²) in [6.07, 6.45) is 0. The molecule has 0 radical (unpaired) electrons. The normalized spacial score (nSPS) is 12.2. The molecule has 11 aromatic rings. The first-order valence-electron chi connectivity index (χ1n) is 18.2. The van der Waals surface area contributed by atoms with Crippen LogP contribution in [0.4, 0.5) is 17.1 Å². The summed E-state index contributed by atoms with van der Waals surface area (Å²) in [5.41, 5.74) is 12.3. The van der Waals surface area contributed by atoms with Crippen molar-refractivity contribution in [3.05, 3.63) is 182 Å². The zero-order valence-electron chi connectivity index (χ0n) is 28.6. The number of hydrogen-bond donors (Lipinski definition) is 0. The Balaban J connectivity index is 1.16. The fourth-order valence-corrected chi connectivity index (χ4v) is 10.2.